The second-order valence-electron chi connectivity index (χ2n) is 10.5. The van der Waals surface area contributed by atoms with E-state index in [1.54, 1.807) is 13.2 Å². The lowest BCUT2D eigenvalue weighted by molar-refractivity contribution is 0.102. The summed E-state index contributed by atoms with van der Waals surface area (Å²) in [4.78, 5) is 15.6. The number of thioether (sulfide) groups is 1. The number of anilines is 1. The fourth-order valence-corrected chi connectivity index (χ4v) is 5.82. The molecule has 1 aliphatic heterocycles. The number of methoxy groups -OCH3 is 1. The van der Waals surface area contributed by atoms with E-state index in [0.717, 1.165) is 36.5 Å². The van der Waals surface area contributed by atoms with Crippen LogP contribution in [0.1, 0.15) is 107 Å². The Balaban J connectivity index is 1.43. The minimum absolute atomic E-state index is 0.191. The number of nitrogens with one attached hydrogen (secondary N) is 1. The summed E-state index contributed by atoms with van der Waals surface area (Å²) in [5, 5.41) is 5.25. The van der Waals surface area contributed by atoms with Gasteiger partial charge in [0.15, 0.2) is 11.5 Å². The van der Waals surface area contributed by atoms with Gasteiger partial charge in [-0.15, -0.1) is 11.8 Å². The number of hydrogen-bond donors (Lipinski definition) is 1. The van der Waals surface area contributed by atoms with E-state index in [1.165, 1.54) is 69.9 Å². The number of ether oxygens (including phenoxy) is 2. The summed E-state index contributed by atoms with van der Waals surface area (Å²) in [7, 11) is 1.62. The van der Waals surface area contributed by atoms with E-state index >= 15 is 0 Å². The summed E-state index contributed by atoms with van der Waals surface area (Å²) in [5.74, 6) is 1.88. The number of unbranched alkanes of at least 4 members (excludes halogenated alkanes) is 11. The summed E-state index contributed by atoms with van der Waals surface area (Å²) < 4.78 is 11.7. The van der Waals surface area contributed by atoms with Crippen LogP contribution in [-0.4, -0.2) is 30.4 Å². The molecule has 0 saturated carbocycles. The van der Waals surface area contributed by atoms with E-state index in [2.05, 4.69) is 35.5 Å². The lowest BCUT2D eigenvalue weighted by atomic mass is 10.1. The average molecular weight is 553 g/mol. The van der Waals surface area contributed by atoms with Gasteiger partial charge in [0.1, 0.15) is 0 Å². The van der Waals surface area contributed by atoms with Crippen molar-refractivity contribution in [2.75, 3.05) is 24.9 Å². The Hall–Kier alpha value is -2.60. The van der Waals surface area contributed by atoms with Crippen LogP contribution in [0.2, 0.25) is 0 Å². The average Bonchev–Trinajstić information content (AvgIpc) is 3.35. The minimum Gasteiger partial charge on any atom is -0.493 e. The van der Waals surface area contributed by atoms with Crippen LogP contribution in [0.25, 0.3) is 0 Å². The fraction of sp³-hybridized carbons (Fsp3) is 0.545. The van der Waals surface area contributed by atoms with Crippen LogP contribution < -0.4 is 14.8 Å². The highest BCUT2D eigenvalue weighted by Crippen LogP contribution is 2.32. The van der Waals surface area contributed by atoms with Crippen molar-refractivity contribution in [2.45, 2.75) is 97.4 Å². The van der Waals surface area contributed by atoms with Gasteiger partial charge in [0, 0.05) is 17.9 Å². The third kappa shape index (κ3) is 10.8. The van der Waals surface area contributed by atoms with Crippen LogP contribution in [0.3, 0.4) is 0 Å². The number of amides is 1. The van der Waals surface area contributed by atoms with Gasteiger partial charge in [0.25, 0.3) is 5.91 Å². The Morgan fingerprint density at radius 2 is 1.59 bits per heavy atom. The van der Waals surface area contributed by atoms with E-state index in [4.69, 9.17) is 9.47 Å². The lowest BCUT2D eigenvalue weighted by Crippen LogP contribution is -2.17. The van der Waals surface area contributed by atoms with Crippen LogP contribution in [0.5, 0.6) is 11.5 Å². The molecule has 2 aromatic carbocycles. The predicted molar refractivity (Wildman–Crippen MR) is 166 cm³/mol. The zero-order valence-electron chi connectivity index (χ0n) is 24.3. The van der Waals surface area contributed by atoms with Gasteiger partial charge in [-0.1, -0.05) is 95.8 Å². The number of benzene rings is 2. The highest BCUT2D eigenvalue weighted by atomic mass is 32.2. The summed E-state index contributed by atoms with van der Waals surface area (Å²) >= 11 is 1.81. The van der Waals surface area contributed by atoms with Gasteiger partial charge in [0.05, 0.1) is 25.2 Å². The topological polar surface area (TPSA) is 50.8 Å². The SMILES string of the molecule is CCCCCCCCCCCCCCOc1c(OC)cccc1C(=O)Nc1cccc(CN2CSC=C2C)c1. The summed E-state index contributed by atoms with van der Waals surface area (Å²) in [6.07, 6.45) is 15.6. The molecule has 5 nitrogen and oxygen atoms in total. The third-order valence-corrected chi connectivity index (χ3v) is 8.20. The Bertz CT molecular complexity index is 1040. The van der Waals surface area contributed by atoms with Crippen molar-refractivity contribution in [1.82, 2.24) is 4.90 Å². The molecule has 3 rings (SSSR count). The third-order valence-electron chi connectivity index (χ3n) is 7.23. The second kappa shape index (κ2) is 17.9. The van der Waals surface area contributed by atoms with Crippen molar-refractivity contribution in [1.29, 1.82) is 0 Å². The monoisotopic (exact) mass is 552 g/mol. The summed E-state index contributed by atoms with van der Waals surface area (Å²) in [6.45, 7) is 5.80. The zero-order chi connectivity index (χ0) is 27.7. The van der Waals surface area contributed by atoms with Crippen LogP contribution >= 0.6 is 11.8 Å². The smallest absolute Gasteiger partial charge is 0.259 e. The number of carbonyl (C=O) groups is 1. The highest BCUT2D eigenvalue weighted by Gasteiger charge is 2.18. The molecular formula is C33H48N2O3S. The maximum Gasteiger partial charge on any atom is 0.259 e. The molecule has 0 saturated heterocycles. The Morgan fingerprint density at radius 1 is 0.923 bits per heavy atom. The van der Waals surface area contributed by atoms with E-state index in [9.17, 15) is 4.79 Å². The number of allylic oxidation sites excluding steroid dienone is 1. The number of hydrogen-bond acceptors (Lipinski definition) is 5. The molecule has 1 aliphatic rings. The normalized spacial score (nSPS) is 12.9. The number of rotatable bonds is 19. The van der Waals surface area contributed by atoms with Gasteiger partial charge >= 0.3 is 0 Å². The Morgan fingerprint density at radius 3 is 2.23 bits per heavy atom. The lowest BCUT2D eigenvalue weighted by Gasteiger charge is -2.19. The van der Waals surface area contributed by atoms with E-state index in [-0.39, 0.29) is 5.91 Å². The molecule has 0 unspecified atom stereocenters. The second-order valence-corrected chi connectivity index (χ2v) is 11.3. The molecule has 0 bridgehead atoms. The van der Waals surface area contributed by atoms with Gasteiger partial charge < -0.3 is 19.7 Å². The van der Waals surface area contributed by atoms with Crippen molar-refractivity contribution in [3.05, 3.63) is 64.7 Å². The zero-order valence-corrected chi connectivity index (χ0v) is 25.1. The molecule has 39 heavy (non-hydrogen) atoms. The Labute approximate surface area is 240 Å². The molecule has 0 aliphatic carbocycles. The van der Waals surface area contributed by atoms with Crippen LogP contribution in [0.4, 0.5) is 5.69 Å². The first kappa shape index (κ1) is 30.9. The molecule has 1 amide bonds. The highest BCUT2D eigenvalue weighted by molar-refractivity contribution is 8.02. The van der Waals surface area contributed by atoms with Crippen LogP contribution in [0, 0.1) is 0 Å². The molecule has 2 aromatic rings. The largest absolute Gasteiger partial charge is 0.493 e. The Kier molecular flexibility index (Phi) is 14.2. The van der Waals surface area contributed by atoms with Crippen molar-refractivity contribution < 1.29 is 14.3 Å². The van der Waals surface area contributed by atoms with Crippen LogP contribution in [0.15, 0.2) is 53.6 Å². The summed E-state index contributed by atoms with van der Waals surface area (Å²) in [6, 6.07) is 13.5. The minimum atomic E-state index is -0.191. The van der Waals surface area contributed by atoms with E-state index in [1.807, 2.05) is 42.1 Å². The molecule has 1 N–H and O–H groups in total. The van der Waals surface area contributed by atoms with E-state index < -0.39 is 0 Å². The van der Waals surface area contributed by atoms with Gasteiger partial charge in [0.2, 0.25) is 0 Å². The first-order valence-electron chi connectivity index (χ1n) is 14.9. The van der Waals surface area contributed by atoms with Crippen LogP contribution in [-0.2, 0) is 6.54 Å². The predicted octanol–water partition coefficient (Wildman–Crippen LogP) is 9.39. The van der Waals surface area contributed by atoms with Gasteiger partial charge in [-0.25, -0.2) is 0 Å². The van der Waals surface area contributed by atoms with Gasteiger partial charge in [-0.2, -0.15) is 0 Å². The maximum atomic E-state index is 13.3. The molecular weight excluding hydrogens is 504 g/mol. The van der Waals surface area contributed by atoms with Crippen molar-refractivity contribution in [3.8, 4) is 11.5 Å². The molecule has 0 spiro atoms. The van der Waals surface area contributed by atoms with Gasteiger partial charge in [-0.3, -0.25) is 4.79 Å². The molecule has 0 fully saturated rings. The quantitative estimate of drug-likeness (QED) is 0.176. The first-order chi connectivity index (χ1) is 19.1. The standard InChI is InChI=1S/C33H48N2O3S/c1-4-5-6-7-8-9-10-11-12-13-14-15-22-38-32-30(20-17-21-31(32)37-3)33(36)34-29-19-16-18-28(23-29)24-35-26-39-25-27(35)2/h16-21,23,25H,4-15,22,24,26H2,1-3H3,(H,34,36). The van der Waals surface area contributed by atoms with Crippen molar-refractivity contribution >= 4 is 23.4 Å². The molecule has 214 valence electrons. The first-order valence-corrected chi connectivity index (χ1v) is 15.9. The molecule has 0 aromatic heterocycles. The number of para-hydroxylation sites is 1. The van der Waals surface area contributed by atoms with Gasteiger partial charge in [-0.05, 0) is 48.6 Å². The molecule has 0 atom stereocenters. The maximum absolute atomic E-state index is 13.3. The molecule has 1 heterocycles. The number of nitrogens with zero attached hydrogens (tertiary/aromatic N) is 1. The van der Waals surface area contributed by atoms with Crippen molar-refractivity contribution in [3.63, 3.8) is 0 Å². The molecule has 0 radical (unpaired) electrons. The number of carbonyl (C=O) groups excluding carboxylic acids is 1. The fourth-order valence-electron chi connectivity index (χ4n) is 4.88. The summed E-state index contributed by atoms with van der Waals surface area (Å²) in [5.41, 5.74) is 3.71. The molecule has 6 heteroatoms. The van der Waals surface area contributed by atoms with E-state index in [0.29, 0.717) is 23.7 Å². The van der Waals surface area contributed by atoms with Crippen molar-refractivity contribution in [2.24, 2.45) is 0 Å².